The van der Waals surface area contributed by atoms with Crippen molar-refractivity contribution < 1.29 is 4.39 Å². The summed E-state index contributed by atoms with van der Waals surface area (Å²) in [6.07, 6.45) is 0.730. The third kappa shape index (κ3) is 3.93. The van der Waals surface area contributed by atoms with Crippen LogP contribution < -0.4 is 5.32 Å². The van der Waals surface area contributed by atoms with E-state index in [1.165, 1.54) is 17.2 Å². The van der Waals surface area contributed by atoms with Crippen molar-refractivity contribution in [3.8, 4) is 0 Å². The van der Waals surface area contributed by atoms with Gasteiger partial charge in [0.2, 0.25) is 0 Å². The minimum Gasteiger partial charge on any atom is -0.310 e. The Kier molecular flexibility index (Phi) is 5.97. The van der Waals surface area contributed by atoms with Crippen LogP contribution in [-0.4, -0.2) is 6.54 Å². The first kappa shape index (κ1) is 16.7. The van der Waals surface area contributed by atoms with Gasteiger partial charge in [0.25, 0.3) is 0 Å². The van der Waals surface area contributed by atoms with Crippen molar-refractivity contribution in [3.05, 3.63) is 67.9 Å². The van der Waals surface area contributed by atoms with E-state index in [4.69, 9.17) is 0 Å². The van der Waals surface area contributed by atoms with E-state index in [-0.39, 0.29) is 11.9 Å². The molecule has 2 aromatic carbocycles. The zero-order valence-corrected chi connectivity index (χ0v) is 15.3. The van der Waals surface area contributed by atoms with Crippen molar-refractivity contribution in [1.29, 1.82) is 0 Å². The molecule has 0 fully saturated rings. The van der Waals surface area contributed by atoms with Crippen molar-refractivity contribution in [2.75, 3.05) is 6.54 Å². The number of halogens is 3. The Morgan fingerprint density at radius 1 is 1.10 bits per heavy atom. The van der Waals surface area contributed by atoms with Gasteiger partial charge in [0.05, 0.1) is 4.47 Å². The summed E-state index contributed by atoms with van der Waals surface area (Å²) in [5.74, 6) is -0.217. The quantitative estimate of drug-likeness (QED) is 0.675. The van der Waals surface area contributed by atoms with Crippen LogP contribution in [0.25, 0.3) is 0 Å². The fourth-order valence-electron chi connectivity index (χ4n) is 2.40. The predicted molar refractivity (Wildman–Crippen MR) is 93.1 cm³/mol. The fraction of sp³-hybridized carbons (Fsp3) is 0.294. The van der Waals surface area contributed by atoms with E-state index >= 15 is 0 Å². The standard InChI is InChI=1S/C17H18Br2FN/c1-3-21-15(13-8-4-6-11(2)16(13)18)10-12-7-5-9-14(20)17(12)19/h4-9,15,21H,3,10H2,1-2H3. The molecule has 0 heterocycles. The SMILES string of the molecule is CCNC(Cc1cccc(F)c1Br)c1cccc(C)c1Br. The predicted octanol–water partition coefficient (Wildman–Crippen LogP) is 5.55. The molecule has 0 spiro atoms. The number of rotatable bonds is 5. The van der Waals surface area contributed by atoms with Gasteiger partial charge in [0.1, 0.15) is 5.82 Å². The molecule has 0 aliphatic rings. The highest BCUT2D eigenvalue weighted by Gasteiger charge is 2.17. The van der Waals surface area contributed by atoms with E-state index in [9.17, 15) is 4.39 Å². The highest BCUT2D eigenvalue weighted by molar-refractivity contribution is 9.10. The number of hydrogen-bond acceptors (Lipinski definition) is 1. The van der Waals surface area contributed by atoms with Crippen LogP contribution in [0, 0.1) is 12.7 Å². The molecule has 0 saturated heterocycles. The minimum atomic E-state index is -0.217. The lowest BCUT2D eigenvalue weighted by atomic mass is 9.97. The summed E-state index contributed by atoms with van der Waals surface area (Å²) in [4.78, 5) is 0. The van der Waals surface area contributed by atoms with Gasteiger partial charge in [-0.15, -0.1) is 0 Å². The molecular formula is C17H18Br2FN. The molecule has 2 aromatic rings. The van der Waals surface area contributed by atoms with Gasteiger partial charge in [-0.3, -0.25) is 0 Å². The van der Waals surface area contributed by atoms with E-state index in [0.29, 0.717) is 4.47 Å². The molecule has 0 aliphatic heterocycles. The number of aryl methyl sites for hydroxylation is 1. The Bertz CT molecular complexity index is 628. The van der Waals surface area contributed by atoms with Gasteiger partial charge < -0.3 is 5.32 Å². The first-order valence-corrected chi connectivity index (χ1v) is 8.54. The van der Waals surface area contributed by atoms with E-state index in [1.54, 1.807) is 6.07 Å². The Hall–Kier alpha value is -0.710. The van der Waals surface area contributed by atoms with Gasteiger partial charge in [0.15, 0.2) is 0 Å². The average molecular weight is 415 g/mol. The van der Waals surface area contributed by atoms with Crippen molar-refractivity contribution in [1.82, 2.24) is 5.32 Å². The lowest BCUT2D eigenvalue weighted by molar-refractivity contribution is 0.542. The lowest BCUT2D eigenvalue weighted by Crippen LogP contribution is -2.23. The number of hydrogen-bond donors (Lipinski definition) is 1. The highest BCUT2D eigenvalue weighted by atomic mass is 79.9. The molecule has 1 unspecified atom stereocenters. The Balaban J connectivity index is 2.35. The molecule has 1 atom stereocenters. The molecule has 0 radical (unpaired) electrons. The summed E-state index contributed by atoms with van der Waals surface area (Å²) in [7, 11) is 0. The second-order valence-electron chi connectivity index (χ2n) is 5.01. The molecule has 2 rings (SSSR count). The van der Waals surface area contributed by atoms with Crippen LogP contribution in [0.5, 0.6) is 0 Å². The molecule has 21 heavy (non-hydrogen) atoms. The van der Waals surface area contributed by atoms with Gasteiger partial charge in [-0.25, -0.2) is 4.39 Å². The maximum atomic E-state index is 13.7. The van der Waals surface area contributed by atoms with Crippen LogP contribution in [0.1, 0.15) is 29.7 Å². The van der Waals surface area contributed by atoms with Crippen LogP contribution in [0.15, 0.2) is 45.3 Å². The van der Waals surface area contributed by atoms with Gasteiger partial charge in [0, 0.05) is 10.5 Å². The second kappa shape index (κ2) is 7.52. The smallest absolute Gasteiger partial charge is 0.137 e. The van der Waals surface area contributed by atoms with E-state index in [0.717, 1.165) is 23.0 Å². The highest BCUT2D eigenvalue weighted by Crippen LogP contribution is 2.31. The number of nitrogens with one attached hydrogen (secondary N) is 1. The Labute approximate surface area is 142 Å². The van der Waals surface area contributed by atoms with Crippen molar-refractivity contribution in [2.24, 2.45) is 0 Å². The van der Waals surface area contributed by atoms with Gasteiger partial charge in [-0.1, -0.05) is 53.2 Å². The first-order valence-electron chi connectivity index (χ1n) is 6.95. The van der Waals surface area contributed by atoms with Crippen LogP contribution in [0.4, 0.5) is 4.39 Å². The zero-order valence-electron chi connectivity index (χ0n) is 12.1. The maximum absolute atomic E-state index is 13.7. The summed E-state index contributed by atoms with van der Waals surface area (Å²) in [6.45, 7) is 5.02. The van der Waals surface area contributed by atoms with Crippen LogP contribution in [0.3, 0.4) is 0 Å². The van der Waals surface area contributed by atoms with Crippen molar-refractivity contribution in [2.45, 2.75) is 26.3 Å². The van der Waals surface area contributed by atoms with E-state index in [2.05, 4.69) is 69.2 Å². The molecular weight excluding hydrogens is 397 g/mol. The largest absolute Gasteiger partial charge is 0.310 e. The topological polar surface area (TPSA) is 12.0 Å². The third-order valence-corrected chi connectivity index (χ3v) is 5.47. The number of benzene rings is 2. The van der Waals surface area contributed by atoms with Crippen molar-refractivity contribution >= 4 is 31.9 Å². The average Bonchev–Trinajstić information content (AvgIpc) is 2.46. The summed E-state index contributed by atoms with van der Waals surface area (Å²) in [5.41, 5.74) is 3.37. The fourth-order valence-corrected chi connectivity index (χ4v) is 3.37. The van der Waals surface area contributed by atoms with E-state index < -0.39 is 0 Å². The minimum absolute atomic E-state index is 0.141. The summed E-state index contributed by atoms with van der Waals surface area (Å²) in [5, 5.41) is 3.49. The second-order valence-corrected chi connectivity index (χ2v) is 6.59. The monoisotopic (exact) mass is 413 g/mol. The Morgan fingerprint density at radius 3 is 2.52 bits per heavy atom. The summed E-state index contributed by atoms with van der Waals surface area (Å²) < 4.78 is 15.4. The third-order valence-electron chi connectivity index (χ3n) is 3.50. The molecule has 0 bridgehead atoms. The van der Waals surface area contributed by atoms with Crippen LogP contribution in [-0.2, 0) is 6.42 Å². The summed E-state index contributed by atoms with van der Waals surface area (Å²) in [6, 6.07) is 11.6. The molecule has 0 saturated carbocycles. The number of likely N-dealkylation sites (N-methyl/N-ethyl adjacent to an activating group) is 1. The zero-order chi connectivity index (χ0) is 15.4. The van der Waals surface area contributed by atoms with Crippen molar-refractivity contribution in [3.63, 3.8) is 0 Å². The Morgan fingerprint density at radius 2 is 1.81 bits per heavy atom. The van der Waals surface area contributed by atoms with Gasteiger partial charge >= 0.3 is 0 Å². The van der Waals surface area contributed by atoms with Crippen LogP contribution >= 0.6 is 31.9 Å². The van der Waals surface area contributed by atoms with Gasteiger partial charge in [-0.05, 0) is 58.6 Å². The van der Waals surface area contributed by atoms with E-state index in [1.807, 2.05) is 6.07 Å². The molecule has 112 valence electrons. The van der Waals surface area contributed by atoms with Gasteiger partial charge in [-0.2, -0.15) is 0 Å². The molecule has 4 heteroatoms. The molecule has 0 aromatic heterocycles. The molecule has 1 N–H and O–H groups in total. The molecule has 0 aliphatic carbocycles. The first-order chi connectivity index (χ1) is 10.0. The maximum Gasteiger partial charge on any atom is 0.137 e. The van der Waals surface area contributed by atoms with Crippen LogP contribution in [0.2, 0.25) is 0 Å². The molecule has 1 nitrogen and oxygen atoms in total. The molecule has 0 amide bonds. The normalized spacial score (nSPS) is 12.4. The lowest BCUT2D eigenvalue weighted by Gasteiger charge is -2.21. The summed E-state index contributed by atoms with van der Waals surface area (Å²) >= 11 is 7.02.